The van der Waals surface area contributed by atoms with Gasteiger partial charge in [-0.05, 0) is 36.5 Å². The Labute approximate surface area is 132 Å². The van der Waals surface area contributed by atoms with Gasteiger partial charge in [-0.25, -0.2) is 4.79 Å². The molecular formula is C14H16Cl2N2O3. The number of urea groups is 1. The molecule has 1 saturated carbocycles. The summed E-state index contributed by atoms with van der Waals surface area (Å²) in [5.74, 6) is -0.836. The van der Waals surface area contributed by atoms with E-state index in [2.05, 4.69) is 10.6 Å². The molecule has 0 spiro atoms. The van der Waals surface area contributed by atoms with Crippen molar-refractivity contribution in [3.8, 4) is 0 Å². The Morgan fingerprint density at radius 3 is 2.52 bits per heavy atom. The second kappa shape index (κ2) is 6.54. The van der Waals surface area contributed by atoms with Crippen molar-refractivity contribution in [1.29, 1.82) is 0 Å². The summed E-state index contributed by atoms with van der Waals surface area (Å²) in [5, 5.41) is 15.1. The van der Waals surface area contributed by atoms with Gasteiger partial charge >= 0.3 is 12.0 Å². The first-order valence-electron chi connectivity index (χ1n) is 6.62. The normalized spacial score (nSPS) is 15.9. The van der Waals surface area contributed by atoms with Gasteiger partial charge in [0, 0.05) is 11.6 Å². The SMILES string of the molecule is O=C(O)CC1(CNC(=O)Nc2ccc(Cl)cc2Cl)CCC1. The summed E-state index contributed by atoms with van der Waals surface area (Å²) >= 11 is 11.7. The molecule has 1 aliphatic rings. The molecule has 0 unspecified atom stereocenters. The van der Waals surface area contributed by atoms with E-state index in [0.29, 0.717) is 22.3 Å². The molecule has 1 aromatic rings. The van der Waals surface area contributed by atoms with Crippen LogP contribution in [0.3, 0.4) is 0 Å². The lowest BCUT2D eigenvalue weighted by molar-refractivity contribution is -0.141. The second-order valence-electron chi connectivity index (χ2n) is 5.36. The Hall–Kier alpha value is -1.46. The first kappa shape index (κ1) is 15.9. The van der Waals surface area contributed by atoms with Crippen LogP contribution in [0.1, 0.15) is 25.7 Å². The summed E-state index contributed by atoms with van der Waals surface area (Å²) < 4.78 is 0. The highest BCUT2D eigenvalue weighted by atomic mass is 35.5. The standard InChI is InChI=1S/C14H16Cl2N2O3/c15-9-2-3-11(10(16)6-9)18-13(21)17-8-14(4-1-5-14)7-12(19)20/h2-3,6H,1,4-5,7-8H2,(H,19,20)(H2,17,18,21). The van der Waals surface area contributed by atoms with Gasteiger partial charge in [0.15, 0.2) is 0 Å². The number of carboxylic acids is 1. The number of carbonyl (C=O) groups is 2. The fourth-order valence-electron chi connectivity index (χ4n) is 2.44. The molecule has 0 atom stereocenters. The van der Waals surface area contributed by atoms with Crippen LogP contribution in [0.15, 0.2) is 18.2 Å². The molecule has 21 heavy (non-hydrogen) atoms. The van der Waals surface area contributed by atoms with E-state index < -0.39 is 12.0 Å². The molecule has 114 valence electrons. The zero-order valence-electron chi connectivity index (χ0n) is 11.3. The largest absolute Gasteiger partial charge is 0.481 e. The summed E-state index contributed by atoms with van der Waals surface area (Å²) in [6.45, 7) is 0.344. The number of amides is 2. The van der Waals surface area contributed by atoms with E-state index in [1.165, 1.54) is 6.07 Å². The zero-order chi connectivity index (χ0) is 15.5. The number of aliphatic carboxylic acids is 1. The topological polar surface area (TPSA) is 78.4 Å². The number of carbonyl (C=O) groups excluding carboxylic acids is 1. The zero-order valence-corrected chi connectivity index (χ0v) is 12.8. The molecule has 1 aliphatic carbocycles. The van der Waals surface area contributed by atoms with Gasteiger partial charge in [-0.15, -0.1) is 0 Å². The average molecular weight is 331 g/mol. The van der Waals surface area contributed by atoms with Crippen molar-refractivity contribution in [3.63, 3.8) is 0 Å². The fourth-order valence-corrected chi connectivity index (χ4v) is 2.89. The van der Waals surface area contributed by atoms with Crippen LogP contribution in [-0.2, 0) is 4.79 Å². The van der Waals surface area contributed by atoms with Crippen LogP contribution in [0.5, 0.6) is 0 Å². The Balaban J connectivity index is 1.88. The Morgan fingerprint density at radius 2 is 2.00 bits per heavy atom. The van der Waals surface area contributed by atoms with Gasteiger partial charge in [0.1, 0.15) is 0 Å². The van der Waals surface area contributed by atoms with Gasteiger partial charge in [0.2, 0.25) is 0 Å². The third-order valence-corrected chi connectivity index (χ3v) is 4.29. The quantitative estimate of drug-likeness (QED) is 0.769. The number of hydrogen-bond donors (Lipinski definition) is 3. The van der Waals surface area contributed by atoms with Crippen molar-refractivity contribution < 1.29 is 14.7 Å². The molecule has 0 radical (unpaired) electrons. The highest BCUT2D eigenvalue weighted by Crippen LogP contribution is 2.43. The number of carboxylic acid groups (broad SMARTS) is 1. The maximum atomic E-state index is 11.9. The second-order valence-corrected chi connectivity index (χ2v) is 6.20. The molecule has 0 bridgehead atoms. The number of rotatable bonds is 5. The molecule has 7 heteroatoms. The minimum Gasteiger partial charge on any atom is -0.481 e. The van der Waals surface area contributed by atoms with Gasteiger partial charge in [0.05, 0.1) is 17.1 Å². The lowest BCUT2D eigenvalue weighted by atomic mass is 9.66. The molecule has 2 rings (SSSR count). The van der Waals surface area contributed by atoms with Gasteiger partial charge in [0.25, 0.3) is 0 Å². The number of anilines is 1. The van der Waals surface area contributed by atoms with Crippen molar-refractivity contribution in [2.24, 2.45) is 5.41 Å². The van der Waals surface area contributed by atoms with E-state index in [1.807, 2.05) is 0 Å². The first-order chi connectivity index (χ1) is 9.90. The Morgan fingerprint density at radius 1 is 1.29 bits per heavy atom. The van der Waals surface area contributed by atoms with Crippen molar-refractivity contribution in [2.45, 2.75) is 25.7 Å². The predicted molar refractivity (Wildman–Crippen MR) is 82.0 cm³/mol. The lowest BCUT2D eigenvalue weighted by Gasteiger charge is -2.40. The van der Waals surface area contributed by atoms with Crippen LogP contribution in [-0.4, -0.2) is 23.7 Å². The molecular weight excluding hydrogens is 315 g/mol. The lowest BCUT2D eigenvalue weighted by Crippen LogP contribution is -2.44. The molecule has 0 heterocycles. The molecule has 2 amide bonds. The molecule has 5 nitrogen and oxygen atoms in total. The minimum atomic E-state index is -0.836. The van der Waals surface area contributed by atoms with Crippen LogP contribution in [0, 0.1) is 5.41 Å². The smallest absolute Gasteiger partial charge is 0.319 e. The highest BCUT2D eigenvalue weighted by molar-refractivity contribution is 6.36. The van der Waals surface area contributed by atoms with Crippen LogP contribution in [0.4, 0.5) is 10.5 Å². The third-order valence-electron chi connectivity index (χ3n) is 3.74. The predicted octanol–water partition coefficient (Wildman–Crippen LogP) is 3.76. The van der Waals surface area contributed by atoms with Crippen molar-refractivity contribution in [1.82, 2.24) is 5.32 Å². The highest BCUT2D eigenvalue weighted by Gasteiger charge is 2.39. The summed E-state index contributed by atoms with van der Waals surface area (Å²) in [6, 6.07) is 4.37. The van der Waals surface area contributed by atoms with Gasteiger partial charge in [-0.2, -0.15) is 0 Å². The van der Waals surface area contributed by atoms with Crippen LogP contribution in [0.25, 0.3) is 0 Å². The Kier molecular flexibility index (Phi) is 4.96. The third kappa shape index (κ3) is 4.25. The number of halogens is 2. The summed E-state index contributed by atoms with van der Waals surface area (Å²) in [4.78, 5) is 22.7. The summed E-state index contributed by atoms with van der Waals surface area (Å²) in [5.41, 5.74) is 0.145. The first-order valence-corrected chi connectivity index (χ1v) is 7.38. The van der Waals surface area contributed by atoms with E-state index in [9.17, 15) is 9.59 Å². The minimum absolute atomic E-state index is 0.0784. The van der Waals surface area contributed by atoms with Crippen molar-refractivity contribution in [2.75, 3.05) is 11.9 Å². The van der Waals surface area contributed by atoms with Crippen LogP contribution in [0.2, 0.25) is 10.0 Å². The maximum absolute atomic E-state index is 11.9. The fraction of sp³-hybridized carbons (Fsp3) is 0.429. The molecule has 0 aliphatic heterocycles. The van der Waals surface area contributed by atoms with Crippen LogP contribution >= 0.6 is 23.2 Å². The van der Waals surface area contributed by atoms with Gasteiger partial charge in [-0.1, -0.05) is 29.6 Å². The molecule has 1 aromatic carbocycles. The van der Waals surface area contributed by atoms with E-state index in [-0.39, 0.29) is 11.8 Å². The molecule has 0 aromatic heterocycles. The summed E-state index contributed by atoms with van der Waals surface area (Å²) in [7, 11) is 0. The number of nitrogens with one attached hydrogen (secondary N) is 2. The number of hydrogen-bond acceptors (Lipinski definition) is 2. The molecule has 1 fully saturated rings. The monoisotopic (exact) mass is 330 g/mol. The van der Waals surface area contributed by atoms with Crippen molar-refractivity contribution in [3.05, 3.63) is 28.2 Å². The summed E-state index contributed by atoms with van der Waals surface area (Å²) in [6.07, 6.45) is 2.72. The number of benzene rings is 1. The maximum Gasteiger partial charge on any atom is 0.319 e. The Bertz CT molecular complexity index is 559. The van der Waals surface area contributed by atoms with Crippen LogP contribution < -0.4 is 10.6 Å². The van der Waals surface area contributed by atoms with E-state index in [1.54, 1.807) is 12.1 Å². The molecule has 0 saturated heterocycles. The van der Waals surface area contributed by atoms with E-state index in [0.717, 1.165) is 19.3 Å². The van der Waals surface area contributed by atoms with E-state index >= 15 is 0 Å². The average Bonchev–Trinajstić information content (AvgIpc) is 2.35. The van der Waals surface area contributed by atoms with E-state index in [4.69, 9.17) is 28.3 Å². The van der Waals surface area contributed by atoms with Gasteiger partial charge in [-0.3, -0.25) is 4.79 Å². The van der Waals surface area contributed by atoms with Gasteiger partial charge < -0.3 is 15.7 Å². The van der Waals surface area contributed by atoms with Crippen molar-refractivity contribution >= 4 is 40.9 Å². The molecule has 3 N–H and O–H groups in total.